The second kappa shape index (κ2) is 4.61. The van der Waals surface area contributed by atoms with Gasteiger partial charge in [0.1, 0.15) is 0 Å². The van der Waals surface area contributed by atoms with Crippen LogP contribution >= 0.6 is 12.6 Å². The number of alkyl halides is 3. The Balaban J connectivity index is 3.21. The number of thiol groups is 1. The summed E-state index contributed by atoms with van der Waals surface area (Å²) in [5.41, 5.74) is 4.80. The molecule has 0 heterocycles. The fourth-order valence-electron chi connectivity index (χ4n) is 1.14. The molecule has 1 rings (SSSR count). The van der Waals surface area contributed by atoms with Gasteiger partial charge in [-0.15, -0.1) is 0 Å². The summed E-state index contributed by atoms with van der Waals surface area (Å²) in [5, 5.41) is 0. The lowest BCUT2D eigenvalue weighted by atomic mass is 10.1. The molecule has 0 aliphatic carbocycles. The van der Waals surface area contributed by atoms with Crippen LogP contribution in [0.3, 0.4) is 0 Å². The molecule has 0 atom stereocenters. The minimum Gasteiger partial charge on any atom is -0.399 e. The standard InChI is InChI=1S/C10H10F3NS/c11-10(12,13)9-6-8(14)4-3-7(9)2-1-5-15/h1-4,6,15H,5,14H2. The average molecular weight is 233 g/mol. The van der Waals surface area contributed by atoms with Gasteiger partial charge in [0.2, 0.25) is 0 Å². The molecule has 0 radical (unpaired) electrons. The first-order chi connectivity index (χ1) is 6.95. The summed E-state index contributed by atoms with van der Waals surface area (Å²) >= 11 is 3.89. The topological polar surface area (TPSA) is 26.0 Å². The minimum absolute atomic E-state index is 0.102. The highest BCUT2D eigenvalue weighted by Crippen LogP contribution is 2.33. The zero-order chi connectivity index (χ0) is 11.5. The first kappa shape index (κ1) is 12.0. The molecule has 1 nitrogen and oxygen atoms in total. The predicted molar refractivity (Wildman–Crippen MR) is 58.7 cm³/mol. The van der Waals surface area contributed by atoms with Gasteiger partial charge in [-0.05, 0) is 17.7 Å². The van der Waals surface area contributed by atoms with E-state index < -0.39 is 11.7 Å². The summed E-state index contributed by atoms with van der Waals surface area (Å²) in [6, 6.07) is 3.71. The fourth-order valence-corrected chi connectivity index (χ4v) is 1.25. The Hall–Kier alpha value is -1.10. The van der Waals surface area contributed by atoms with Crippen LogP contribution in [0.1, 0.15) is 11.1 Å². The number of nitrogens with two attached hydrogens (primary N) is 1. The van der Waals surface area contributed by atoms with Crippen molar-refractivity contribution in [2.45, 2.75) is 6.18 Å². The highest BCUT2D eigenvalue weighted by atomic mass is 32.1. The lowest BCUT2D eigenvalue weighted by Gasteiger charge is -2.10. The molecular weight excluding hydrogens is 223 g/mol. The lowest BCUT2D eigenvalue weighted by Crippen LogP contribution is -2.08. The van der Waals surface area contributed by atoms with Crippen molar-refractivity contribution in [1.82, 2.24) is 0 Å². The summed E-state index contributed by atoms with van der Waals surface area (Å²) in [4.78, 5) is 0. The Bertz CT molecular complexity index is 371. The van der Waals surface area contributed by atoms with E-state index in [1.807, 2.05) is 0 Å². The fraction of sp³-hybridized carbons (Fsp3) is 0.200. The maximum Gasteiger partial charge on any atom is 0.417 e. The monoisotopic (exact) mass is 233 g/mol. The molecule has 0 fully saturated rings. The molecule has 15 heavy (non-hydrogen) atoms. The van der Waals surface area contributed by atoms with Gasteiger partial charge in [0.05, 0.1) is 5.56 Å². The molecule has 82 valence electrons. The van der Waals surface area contributed by atoms with E-state index in [-0.39, 0.29) is 11.3 Å². The van der Waals surface area contributed by atoms with Crippen LogP contribution in [0.4, 0.5) is 18.9 Å². The van der Waals surface area contributed by atoms with Crippen LogP contribution in [0.15, 0.2) is 24.3 Å². The van der Waals surface area contributed by atoms with Crippen LogP contribution in [0.5, 0.6) is 0 Å². The Kier molecular flexibility index (Phi) is 3.68. The molecule has 0 amide bonds. The predicted octanol–water partition coefficient (Wildman–Crippen LogP) is 3.23. The third-order valence-corrected chi connectivity index (χ3v) is 2.00. The smallest absolute Gasteiger partial charge is 0.399 e. The molecule has 0 bridgehead atoms. The van der Waals surface area contributed by atoms with Gasteiger partial charge in [0.15, 0.2) is 0 Å². The van der Waals surface area contributed by atoms with Gasteiger partial charge >= 0.3 is 6.18 Å². The molecule has 0 spiro atoms. The third-order valence-electron chi connectivity index (χ3n) is 1.79. The van der Waals surface area contributed by atoms with Gasteiger partial charge < -0.3 is 5.73 Å². The summed E-state index contributed by atoms with van der Waals surface area (Å²) in [6.45, 7) is 0. The van der Waals surface area contributed by atoms with Crippen molar-refractivity contribution in [2.75, 3.05) is 11.5 Å². The van der Waals surface area contributed by atoms with E-state index in [0.29, 0.717) is 5.75 Å². The zero-order valence-electron chi connectivity index (χ0n) is 7.75. The van der Waals surface area contributed by atoms with E-state index in [4.69, 9.17) is 5.73 Å². The summed E-state index contributed by atoms with van der Waals surface area (Å²) in [6.07, 6.45) is -1.45. The van der Waals surface area contributed by atoms with Crippen molar-refractivity contribution in [3.63, 3.8) is 0 Å². The highest BCUT2D eigenvalue weighted by Gasteiger charge is 2.32. The number of halogens is 3. The molecule has 1 aromatic carbocycles. The molecule has 2 N–H and O–H groups in total. The quantitative estimate of drug-likeness (QED) is 0.595. The zero-order valence-corrected chi connectivity index (χ0v) is 8.65. The number of hydrogen-bond donors (Lipinski definition) is 2. The number of benzene rings is 1. The molecular formula is C10H10F3NS. The van der Waals surface area contributed by atoms with Crippen molar-refractivity contribution in [3.05, 3.63) is 35.4 Å². The van der Waals surface area contributed by atoms with Crippen molar-refractivity contribution in [1.29, 1.82) is 0 Å². The Morgan fingerprint density at radius 3 is 2.53 bits per heavy atom. The van der Waals surface area contributed by atoms with Gasteiger partial charge in [-0.2, -0.15) is 25.8 Å². The molecule has 0 unspecified atom stereocenters. The SMILES string of the molecule is Nc1ccc(C=CCS)c(C(F)(F)F)c1. The molecule has 0 aromatic heterocycles. The Labute approximate surface area is 91.2 Å². The van der Waals surface area contributed by atoms with Gasteiger partial charge in [0, 0.05) is 11.4 Å². The first-order valence-electron chi connectivity index (χ1n) is 4.19. The van der Waals surface area contributed by atoms with E-state index in [9.17, 15) is 13.2 Å². The van der Waals surface area contributed by atoms with Crippen LogP contribution in [0, 0.1) is 0 Å². The average Bonchev–Trinajstić information content (AvgIpc) is 2.14. The van der Waals surface area contributed by atoms with Crippen LogP contribution in [0.25, 0.3) is 6.08 Å². The molecule has 0 saturated heterocycles. The van der Waals surface area contributed by atoms with Gasteiger partial charge in [-0.1, -0.05) is 18.2 Å². The number of anilines is 1. The van der Waals surface area contributed by atoms with Crippen LogP contribution in [0.2, 0.25) is 0 Å². The summed E-state index contributed by atoms with van der Waals surface area (Å²) in [5.74, 6) is 0.391. The summed E-state index contributed by atoms with van der Waals surface area (Å²) < 4.78 is 37.6. The Morgan fingerprint density at radius 1 is 1.33 bits per heavy atom. The lowest BCUT2D eigenvalue weighted by molar-refractivity contribution is -0.137. The largest absolute Gasteiger partial charge is 0.417 e. The van der Waals surface area contributed by atoms with E-state index in [1.54, 1.807) is 6.08 Å². The van der Waals surface area contributed by atoms with Crippen LogP contribution in [-0.4, -0.2) is 5.75 Å². The highest BCUT2D eigenvalue weighted by molar-refractivity contribution is 7.80. The van der Waals surface area contributed by atoms with Gasteiger partial charge in [0.25, 0.3) is 0 Å². The van der Waals surface area contributed by atoms with Crippen molar-refractivity contribution in [2.24, 2.45) is 0 Å². The molecule has 0 saturated carbocycles. The molecule has 0 aliphatic heterocycles. The minimum atomic E-state index is -4.38. The maximum absolute atomic E-state index is 12.5. The van der Waals surface area contributed by atoms with Gasteiger partial charge in [-0.25, -0.2) is 0 Å². The second-order valence-corrected chi connectivity index (χ2v) is 3.29. The number of hydrogen-bond acceptors (Lipinski definition) is 2. The van der Waals surface area contributed by atoms with E-state index in [0.717, 1.165) is 6.07 Å². The normalized spacial score (nSPS) is 12.3. The maximum atomic E-state index is 12.5. The van der Waals surface area contributed by atoms with E-state index in [1.165, 1.54) is 18.2 Å². The molecule has 0 aliphatic rings. The van der Waals surface area contributed by atoms with Gasteiger partial charge in [-0.3, -0.25) is 0 Å². The Morgan fingerprint density at radius 2 is 2.00 bits per heavy atom. The van der Waals surface area contributed by atoms with E-state index in [2.05, 4.69) is 12.6 Å². The third kappa shape index (κ3) is 3.20. The number of rotatable bonds is 2. The molecule has 1 aromatic rings. The summed E-state index contributed by atoms with van der Waals surface area (Å²) in [7, 11) is 0. The van der Waals surface area contributed by atoms with Crippen molar-refractivity contribution in [3.8, 4) is 0 Å². The second-order valence-electron chi connectivity index (χ2n) is 2.93. The van der Waals surface area contributed by atoms with Crippen molar-refractivity contribution >= 4 is 24.4 Å². The molecule has 5 heteroatoms. The van der Waals surface area contributed by atoms with Crippen LogP contribution < -0.4 is 5.73 Å². The van der Waals surface area contributed by atoms with Crippen LogP contribution in [-0.2, 0) is 6.18 Å². The first-order valence-corrected chi connectivity index (χ1v) is 4.82. The van der Waals surface area contributed by atoms with Crippen molar-refractivity contribution < 1.29 is 13.2 Å². The van der Waals surface area contributed by atoms with E-state index >= 15 is 0 Å². The number of nitrogen functional groups attached to an aromatic ring is 1.